The summed E-state index contributed by atoms with van der Waals surface area (Å²) in [6.45, 7) is 5.80. The van der Waals surface area contributed by atoms with Crippen LogP contribution in [0.1, 0.15) is 29.5 Å². The van der Waals surface area contributed by atoms with Gasteiger partial charge in [-0.05, 0) is 61.1 Å². The van der Waals surface area contributed by atoms with Gasteiger partial charge in [0.15, 0.2) is 5.96 Å². The van der Waals surface area contributed by atoms with Gasteiger partial charge in [-0.25, -0.2) is 4.98 Å². The van der Waals surface area contributed by atoms with Gasteiger partial charge >= 0.3 is 0 Å². The zero-order valence-electron chi connectivity index (χ0n) is 17.6. The molecule has 0 aliphatic carbocycles. The Morgan fingerprint density at radius 1 is 1.14 bits per heavy atom. The average Bonchev–Trinajstić information content (AvgIpc) is 3.27. The highest BCUT2D eigenvalue weighted by molar-refractivity contribution is 14.0. The number of ether oxygens (including phenoxy) is 1. The third kappa shape index (κ3) is 6.76. The Morgan fingerprint density at radius 2 is 1.93 bits per heavy atom. The normalized spacial score (nSPS) is 13.8. The van der Waals surface area contributed by atoms with Crippen LogP contribution in [0.2, 0.25) is 0 Å². The fraction of sp³-hybridized carbons (Fsp3) is 0.455. The molecule has 158 valence electrons. The summed E-state index contributed by atoms with van der Waals surface area (Å²) >= 11 is 0. The van der Waals surface area contributed by atoms with Crippen LogP contribution < -0.4 is 20.3 Å². The van der Waals surface area contributed by atoms with Crippen molar-refractivity contribution in [3.05, 3.63) is 53.2 Å². The molecule has 0 spiro atoms. The maximum Gasteiger partial charge on any atom is 0.191 e. The predicted octanol–water partition coefficient (Wildman–Crippen LogP) is 3.52. The lowest BCUT2D eigenvalue weighted by Crippen LogP contribution is -2.37. The van der Waals surface area contributed by atoms with E-state index in [9.17, 15) is 0 Å². The van der Waals surface area contributed by atoms with Crippen molar-refractivity contribution in [1.82, 2.24) is 15.6 Å². The van der Waals surface area contributed by atoms with Crippen LogP contribution in [-0.4, -0.2) is 44.7 Å². The second-order valence-electron chi connectivity index (χ2n) is 7.12. The zero-order chi connectivity index (χ0) is 19.8. The van der Waals surface area contributed by atoms with Crippen molar-refractivity contribution >= 4 is 35.8 Å². The van der Waals surface area contributed by atoms with E-state index in [4.69, 9.17) is 4.74 Å². The number of hydrogen-bond acceptors (Lipinski definition) is 4. The largest absolute Gasteiger partial charge is 0.496 e. The molecule has 0 amide bonds. The van der Waals surface area contributed by atoms with Crippen LogP contribution in [-0.2, 0) is 13.0 Å². The SMILES string of the molecule is CN=C(NCCc1ccc(C)c(OC)c1)NCc1ccnc(N2CCCC2)c1.I. The van der Waals surface area contributed by atoms with E-state index in [1.54, 1.807) is 14.2 Å². The highest BCUT2D eigenvalue weighted by Gasteiger charge is 2.13. The number of aliphatic imine (C=N–C) groups is 1. The molecular formula is C22H32IN5O. The molecule has 2 heterocycles. The molecule has 1 saturated heterocycles. The topological polar surface area (TPSA) is 61.8 Å². The van der Waals surface area contributed by atoms with E-state index in [-0.39, 0.29) is 24.0 Å². The van der Waals surface area contributed by atoms with Gasteiger partial charge in [-0.3, -0.25) is 4.99 Å². The minimum Gasteiger partial charge on any atom is -0.496 e. The lowest BCUT2D eigenvalue weighted by Gasteiger charge is -2.17. The summed E-state index contributed by atoms with van der Waals surface area (Å²) in [5, 5.41) is 6.77. The van der Waals surface area contributed by atoms with Crippen LogP contribution in [0.3, 0.4) is 0 Å². The number of nitrogens with zero attached hydrogens (tertiary/aromatic N) is 3. The summed E-state index contributed by atoms with van der Waals surface area (Å²) < 4.78 is 5.40. The molecule has 3 rings (SSSR count). The monoisotopic (exact) mass is 509 g/mol. The van der Waals surface area contributed by atoms with Gasteiger partial charge in [-0.1, -0.05) is 12.1 Å². The number of pyridine rings is 1. The van der Waals surface area contributed by atoms with Crippen LogP contribution in [0, 0.1) is 6.92 Å². The van der Waals surface area contributed by atoms with E-state index in [1.165, 1.54) is 24.0 Å². The van der Waals surface area contributed by atoms with E-state index in [1.807, 2.05) is 6.20 Å². The standard InChI is InChI=1S/C22H31N5O.HI/c1-17-6-7-18(14-20(17)28-3)8-11-25-22(23-2)26-16-19-9-10-24-21(15-19)27-12-4-5-13-27;/h6-7,9-10,14-15H,4-5,8,11-13,16H2,1-3H3,(H2,23,25,26);1H. The molecule has 1 aromatic heterocycles. The molecule has 1 aromatic carbocycles. The summed E-state index contributed by atoms with van der Waals surface area (Å²) in [5.41, 5.74) is 3.61. The molecular weight excluding hydrogens is 477 g/mol. The van der Waals surface area contributed by atoms with Crippen molar-refractivity contribution < 1.29 is 4.74 Å². The molecule has 0 bridgehead atoms. The molecule has 2 aromatic rings. The number of rotatable bonds is 7. The molecule has 0 saturated carbocycles. The third-order valence-corrected chi connectivity index (χ3v) is 5.10. The number of anilines is 1. The summed E-state index contributed by atoms with van der Waals surface area (Å²) in [7, 11) is 3.51. The number of benzene rings is 1. The van der Waals surface area contributed by atoms with Gasteiger partial charge < -0.3 is 20.3 Å². The Kier molecular flexibility index (Phi) is 9.50. The number of halogens is 1. The van der Waals surface area contributed by atoms with Gasteiger partial charge in [0.2, 0.25) is 0 Å². The van der Waals surface area contributed by atoms with E-state index in [0.717, 1.165) is 55.7 Å². The molecule has 6 nitrogen and oxygen atoms in total. The molecule has 0 unspecified atom stereocenters. The molecule has 1 aliphatic heterocycles. The first-order valence-corrected chi connectivity index (χ1v) is 9.97. The van der Waals surface area contributed by atoms with Crippen LogP contribution in [0.15, 0.2) is 41.5 Å². The van der Waals surface area contributed by atoms with Crippen LogP contribution in [0.5, 0.6) is 5.75 Å². The lowest BCUT2D eigenvalue weighted by atomic mass is 10.1. The molecule has 0 radical (unpaired) electrons. The fourth-order valence-corrected chi connectivity index (χ4v) is 3.44. The van der Waals surface area contributed by atoms with Gasteiger partial charge in [0.25, 0.3) is 0 Å². The van der Waals surface area contributed by atoms with Crippen LogP contribution >= 0.6 is 24.0 Å². The Labute approximate surface area is 191 Å². The second kappa shape index (κ2) is 11.8. The first-order valence-electron chi connectivity index (χ1n) is 9.97. The first-order chi connectivity index (χ1) is 13.7. The summed E-state index contributed by atoms with van der Waals surface area (Å²) in [4.78, 5) is 11.2. The van der Waals surface area contributed by atoms with Crippen LogP contribution in [0.4, 0.5) is 5.82 Å². The van der Waals surface area contributed by atoms with E-state index >= 15 is 0 Å². The second-order valence-corrected chi connectivity index (χ2v) is 7.12. The average molecular weight is 509 g/mol. The van der Waals surface area contributed by atoms with Crippen molar-refractivity contribution in [3.63, 3.8) is 0 Å². The minimum absolute atomic E-state index is 0. The summed E-state index contributed by atoms with van der Waals surface area (Å²) in [6.07, 6.45) is 5.32. The Bertz CT molecular complexity index is 806. The van der Waals surface area contributed by atoms with Gasteiger partial charge in [-0.15, -0.1) is 24.0 Å². The van der Waals surface area contributed by atoms with Crippen molar-refractivity contribution in [1.29, 1.82) is 0 Å². The number of guanidine groups is 1. The number of nitrogens with one attached hydrogen (secondary N) is 2. The number of methoxy groups -OCH3 is 1. The first kappa shape index (κ1) is 23.3. The highest BCUT2D eigenvalue weighted by atomic mass is 127. The van der Waals surface area contributed by atoms with Gasteiger partial charge in [-0.2, -0.15) is 0 Å². The van der Waals surface area contributed by atoms with Crippen molar-refractivity contribution in [2.24, 2.45) is 4.99 Å². The number of hydrogen-bond donors (Lipinski definition) is 2. The number of aryl methyl sites for hydroxylation is 1. The molecule has 0 atom stereocenters. The molecule has 7 heteroatoms. The quantitative estimate of drug-likeness (QED) is 0.340. The van der Waals surface area contributed by atoms with Crippen molar-refractivity contribution in [3.8, 4) is 5.75 Å². The van der Waals surface area contributed by atoms with Gasteiger partial charge in [0, 0.05) is 39.4 Å². The van der Waals surface area contributed by atoms with E-state index in [2.05, 4.69) is 62.8 Å². The smallest absolute Gasteiger partial charge is 0.191 e. The Hall–Kier alpha value is -2.03. The predicted molar refractivity (Wildman–Crippen MR) is 131 cm³/mol. The molecule has 2 N–H and O–H groups in total. The van der Waals surface area contributed by atoms with Crippen molar-refractivity contribution in [2.45, 2.75) is 32.7 Å². The summed E-state index contributed by atoms with van der Waals surface area (Å²) in [5.74, 6) is 2.82. The van der Waals surface area contributed by atoms with Crippen LogP contribution in [0.25, 0.3) is 0 Å². The van der Waals surface area contributed by atoms with Gasteiger partial charge in [0.05, 0.1) is 7.11 Å². The third-order valence-electron chi connectivity index (χ3n) is 5.10. The Morgan fingerprint density at radius 3 is 2.66 bits per heavy atom. The summed E-state index contributed by atoms with van der Waals surface area (Å²) in [6, 6.07) is 10.6. The molecule has 29 heavy (non-hydrogen) atoms. The molecule has 1 aliphatic rings. The Balaban J connectivity index is 0.00000300. The van der Waals surface area contributed by atoms with E-state index in [0.29, 0.717) is 0 Å². The van der Waals surface area contributed by atoms with E-state index < -0.39 is 0 Å². The lowest BCUT2D eigenvalue weighted by molar-refractivity contribution is 0.411. The fourth-order valence-electron chi connectivity index (χ4n) is 3.44. The maximum atomic E-state index is 5.40. The number of aromatic nitrogens is 1. The highest BCUT2D eigenvalue weighted by Crippen LogP contribution is 2.19. The minimum atomic E-state index is 0. The maximum absolute atomic E-state index is 5.40. The zero-order valence-corrected chi connectivity index (χ0v) is 19.9. The van der Waals surface area contributed by atoms with Crippen molar-refractivity contribution in [2.75, 3.05) is 38.7 Å². The molecule has 1 fully saturated rings. The van der Waals surface area contributed by atoms with Gasteiger partial charge in [0.1, 0.15) is 11.6 Å².